The molecule has 0 unspecified atom stereocenters. The molecule has 1 heterocycles. The van der Waals surface area contributed by atoms with Gasteiger partial charge in [-0.1, -0.05) is 22.4 Å². The fourth-order valence-electron chi connectivity index (χ4n) is 1.90. The third-order valence-corrected chi connectivity index (χ3v) is 3.14. The van der Waals surface area contributed by atoms with Gasteiger partial charge < -0.3 is 5.32 Å². The van der Waals surface area contributed by atoms with Gasteiger partial charge in [0, 0.05) is 16.1 Å². The summed E-state index contributed by atoms with van der Waals surface area (Å²) in [5.74, 6) is -0.104. The summed E-state index contributed by atoms with van der Waals surface area (Å²) in [5, 5.41) is 3.34. The first-order valence-electron chi connectivity index (χ1n) is 4.96. The molecular formula is C11H13BrFN. The zero-order chi connectivity index (χ0) is 9.97. The van der Waals surface area contributed by atoms with Crippen LogP contribution in [0.3, 0.4) is 0 Å². The summed E-state index contributed by atoms with van der Waals surface area (Å²) in [6.07, 6.45) is 3.42. The van der Waals surface area contributed by atoms with Crippen LogP contribution in [0.2, 0.25) is 0 Å². The summed E-state index contributed by atoms with van der Waals surface area (Å²) >= 11 is 3.37. The molecule has 0 spiro atoms. The van der Waals surface area contributed by atoms with Crippen molar-refractivity contribution < 1.29 is 4.39 Å². The second-order valence-electron chi connectivity index (χ2n) is 3.67. The van der Waals surface area contributed by atoms with Crippen molar-refractivity contribution in [3.8, 4) is 0 Å². The number of hydrogen-bond donors (Lipinski definition) is 1. The molecule has 14 heavy (non-hydrogen) atoms. The highest BCUT2D eigenvalue weighted by molar-refractivity contribution is 9.10. The summed E-state index contributed by atoms with van der Waals surface area (Å²) in [7, 11) is 0. The lowest BCUT2D eigenvalue weighted by atomic mass is 9.97. The molecule has 1 nitrogen and oxygen atoms in total. The topological polar surface area (TPSA) is 12.0 Å². The first-order chi connectivity index (χ1) is 6.77. The molecular weight excluding hydrogens is 245 g/mol. The molecule has 1 atom stereocenters. The van der Waals surface area contributed by atoms with Gasteiger partial charge in [0.15, 0.2) is 0 Å². The highest BCUT2D eigenvalue weighted by Gasteiger charge is 2.17. The smallest absolute Gasteiger partial charge is 0.128 e. The SMILES string of the molecule is Fc1ccc(Br)cc1[C@@H]1CCCCN1. The molecule has 2 rings (SSSR count). The standard InChI is InChI=1S/C11H13BrFN/c12-8-4-5-10(13)9(7-8)11-3-1-2-6-14-11/h4-5,7,11,14H,1-3,6H2/t11-/m0/s1. The molecule has 1 N–H and O–H groups in total. The van der Waals surface area contributed by atoms with Crippen LogP contribution in [-0.4, -0.2) is 6.54 Å². The largest absolute Gasteiger partial charge is 0.310 e. The van der Waals surface area contributed by atoms with Crippen molar-refractivity contribution in [1.82, 2.24) is 5.32 Å². The Kier molecular flexibility index (Phi) is 3.19. The van der Waals surface area contributed by atoms with Gasteiger partial charge in [0.1, 0.15) is 5.82 Å². The van der Waals surface area contributed by atoms with Crippen molar-refractivity contribution in [2.45, 2.75) is 25.3 Å². The lowest BCUT2D eigenvalue weighted by Crippen LogP contribution is -2.27. The highest BCUT2D eigenvalue weighted by atomic mass is 79.9. The van der Waals surface area contributed by atoms with Crippen molar-refractivity contribution in [3.63, 3.8) is 0 Å². The van der Waals surface area contributed by atoms with Crippen molar-refractivity contribution in [2.75, 3.05) is 6.54 Å². The molecule has 76 valence electrons. The minimum Gasteiger partial charge on any atom is -0.310 e. The van der Waals surface area contributed by atoms with E-state index in [9.17, 15) is 4.39 Å². The zero-order valence-corrected chi connectivity index (χ0v) is 9.48. The fraction of sp³-hybridized carbons (Fsp3) is 0.455. The fourth-order valence-corrected chi connectivity index (χ4v) is 2.28. The summed E-state index contributed by atoms with van der Waals surface area (Å²) in [5.41, 5.74) is 0.791. The summed E-state index contributed by atoms with van der Waals surface area (Å²) < 4.78 is 14.4. The average molecular weight is 258 g/mol. The van der Waals surface area contributed by atoms with Crippen LogP contribution < -0.4 is 5.32 Å². The van der Waals surface area contributed by atoms with Crippen LogP contribution in [0.1, 0.15) is 30.9 Å². The van der Waals surface area contributed by atoms with E-state index in [1.54, 1.807) is 6.07 Å². The number of halogens is 2. The van der Waals surface area contributed by atoms with E-state index in [4.69, 9.17) is 0 Å². The van der Waals surface area contributed by atoms with Crippen LogP contribution in [0.4, 0.5) is 4.39 Å². The Bertz CT molecular complexity index is 321. The van der Waals surface area contributed by atoms with E-state index in [2.05, 4.69) is 21.2 Å². The number of nitrogens with one attached hydrogen (secondary N) is 1. The monoisotopic (exact) mass is 257 g/mol. The maximum Gasteiger partial charge on any atom is 0.128 e. The van der Waals surface area contributed by atoms with Gasteiger partial charge in [0.05, 0.1) is 0 Å². The van der Waals surface area contributed by atoms with E-state index in [1.165, 1.54) is 18.9 Å². The van der Waals surface area contributed by atoms with E-state index in [1.807, 2.05) is 6.07 Å². The molecule has 1 aliphatic rings. The Balaban J connectivity index is 2.24. The molecule has 0 bridgehead atoms. The van der Waals surface area contributed by atoms with Crippen molar-refractivity contribution in [1.29, 1.82) is 0 Å². The number of benzene rings is 1. The molecule has 0 amide bonds. The quantitative estimate of drug-likeness (QED) is 0.814. The van der Waals surface area contributed by atoms with Crippen LogP contribution in [0.15, 0.2) is 22.7 Å². The maximum absolute atomic E-state index is 13.5. The summed E-state index contributed by atoms with van der Waals surface area (Å²) in [6, 6.07) is 5.33. The van der Waals surface area contributed by atoms with Gasteiger partial charge in [-0.25, -0.2) is 4.39 Å². The van der Waals surface area contributed by atoms with E-state index < -0.39 is 0 Å². The molecule has 1 aromatic rings. The molecule has 3 heteroatoms. The third kappa shape index (κ3) is 2.15. The molecule has 1 saturated heterocycles. The van der Waals surface area contributed by atoms with Crippen molar-refractivity contribution in [2.24, 2.45) is 0 Å². The molecule has 0 radical (unpaired) electrons. The first-order valence-corrected chi connectivity index (χ1v) is 5.75. The average Bonchev–Trinajstić information content (AvgIpc) is 2.23. The zero-order valence-electron chi connectivity index (χ0n) is 7.89. The number of hydrogen-bond acceptors (Lipinski definition) is 1. The minimum atomic E-state index is -0.104. The lowest BCUT2D eigenvalue weighted by molar-refractivity contribution is 0.400. The minimum absolute atomic E-state index is 0.104. The van der Waals surface area contributed by atoms with E-state index >= 15 is 0 Å². The Morgan fingerprint density at radius 2 is 2.21 bits per heavy atom. The lowest BCUT2D eigenvalue weighted by Gasteiger charge is -2.24. The predicted octanol–water partition coefficient (Wildman–Crippen LogP) is 3.40. The number of piperidine rings is 1. The van der Waals surface area contributed by atoms with Gasteiger partial charge in [-0.3, -0.25) is 0 Å². The van der Waals surface area contributed by atoms with Crippen molar-refractivity contribution in [3.05, 3.63) is 34.1 Å². The van der Waals surface area contributed by atoms with Gasteiger partial charge >= 0.3 is 0 Å². The normalized spacial score (nSPS) is 22.3. The van der Waals surface area contributed by atoms with Gasteiger partial charge in [-0.15, -0.1) is 0 Å². The second-order valence-corrected chi connectivity index (χ2v) is 4.58. The van der Waals surface area contributed by atoms with Gasteiger partial charge in [0.25, 0.3) is 0 Å². The van der Waals surface area contributed by atoms with Crippen LogP contribution in [0, 0.1) is 5.82 Å². The maximum atomic E-state index is 13.5. The Morgan fingerprint density at radius 1 is 1.36 bits per heavy atom. The van der Waals surface area contributed by atoms with Crippen LogP contribution >= 0.6 is 15.9 Å². The Hall–Kier alpha value is -0.410. The molecule has 0 aromatic heterocycles. The summed E-state index contributed by atoms with van der Waals surface area (Å²) in [6.45, 7) is 0.997. The molecule has 1 aromatic carbocycles. The van der Waals surface area contributed by atoms with Gasteiger partial charge in [0.2, 0.25) is 0 Å². The van der Waals surface area contributed by atoms with E-state index in [0.29, 0.717) is 0 Å². The second kappa shape index (κ2) is 4.41. The van der Waals surface area contributed by atoms with Gasteiger partial charge in [-0.2, -0.15) is 0 Å². The Morgan fingerprint density at radius 3 is 2.93 bits per heavy atom. The van der Waals surface area contributed by atoms with Crippen LogP contribution in [0.25, 0.3) is 0 Å². The van der Waals surface area contributed by atoms with Gasteiger partial charge in [-0.05, 0) is 37.6 Å². The van der Waals surface area contributed by atoms with Crippen LogP contribution in [-0.2, 0) is 0 Å². The third-order valence-electron chi connectivity index (χ3n) is 2.64. The molecule has 0 saturated carbocycles. The molecule has 0 aliphatic carbocycles. The van der Waals surface area contributed by atoms with Crippen molar-refractivity contribution >= 4 is 15.9 Å². The summed E-state index contributed by atoms with van der Waals surface area (Å²) in [4.78, 5) is 0. The predicted molar refractivity (Wildman–Crippen MR) is 58.7 cm³/mol. The van der Waals surface area contributed by atoms with E-state index in [0.717, 1.165) is 23.0 Å². The van der Waals surface area contributed by atoms with E-state index in [-0.39, 0.29) is 11.9 Å². The molecule has 1 fully saturated rings. The Labute approximate surface area is 91.8 Å². The molecule has 1 aliphatic heterocycles. The number of rotatable bonds is 1. The highest BCUT2D eigenvalue weighted by Crippen LogP contribution is 2.27. The van der Waals surface area contributed by atoms with Crippen LogP contribution in [0.5, 0.6) is 0 Å². The first kappa shape index (κ1) is 10.1.